The zero-order valence-corrected chi connectivity index (χ0v) is 10.4. The van der Waals surface area contributed by atoms with Gasteiger partial charge in [0, 0.05) is 17.0 Å². The van der Waals surface area contributed by atoms with Gasteiger partial charge in [0.1, 0.15) is 10.9 Å². The Morgan fingerprint density at radius 2 is 2.00 bits per heavy atom. The summed E-state index contributed by atoms with van der Waals surface area (Å²) < 4.78 is 0. The van der Waals surface area contributed by atoms with Crippen molar-refractivity contribution in [3.05, 3.63) is 52.2 Å². The molecule has 19 heavy (non-hydrogen) atoms. The molecule has 0 spiro atoms. The van der Waals surface area contributed by atoms with E-state index in [9.17, 15) is 10.1 Å². The highest BCUT2D eigenvalue weighted by Crippen LogP contribution is 2.29. The fourth-order valence-corrected chi connectivity index (χ4v) is 2.22. The minimum absolute atomic E-state index is 0.0234. The average molecular weight is 275 g/mol. The summed E-state index contributed by atoms with van der Waals surface area (Å²) in [5, 5.41) is 26.1. The second-order valence-corrected chi connectivity index (χ2v) is 4.58. The minimum Gasteiger partial charge on any atom is -0.384 e. The van der Waals surface area contributed by atoms with E-state index < -0.39 is 4.92 Å². The summed E-state index contributed by atoms with van der Waals surface area (Å²) in [6.45, 7) is 0. The molecule has 0 radical (unpaired) electrons. The molecular formula is C11H9N5O2S. The molecule has 96 valence electrons. The van der Waals surface area contributed by atoms with Crippen molar-refractivity contribution in [1.29, 1.82) is 5.41 Å². The molecule has 0 aliphatic carbocycles. The summed E-state index contributed by atoms with van der Waals surface area (Å²) in [6.07, 6.45) is 1.45. The first-order chi connectivity index (χ1) is 9.08. The van der Waals surface area contributed by atoms with E-state index in [1.165, 1.54) is 30.1 Å². The number of nitrogens with two attached hydrogens (primary N) is 1. The van der Waals surface area contributed by atoms with Crippen LogP contribution in [0.3, 0.4) is 0 Å². The Morgan fingerprint density at radius 3 is 2.58 bits per heavy atom. The van der Waals surface area contributed by atoms with Gasteiger partial charge in [-0.05, 0) is 18.2 Å². The molecule has 1 aromatic carbocycles. The first kappa shape index (κ1) is 13.0. The number of rotatable bonds is 4. The van der Waals surface area contributed by atoms with Gasteiger partial charge in [-0.2, -0.15) is 5.10 Å². The van der Waals surface area contributed by atoms with E-state index in [2.05, 4.69) is 10.2 Å². The Labute approximate surface area is 112 Å². The lowest BCUT2D eigenvalue weighted by Gasteiger charge is -2.05. The van der Waals surface area contributed by atoms with Crippen molar-refractivity contribution >= 4 is 23.3 Å². The molecule has 3 N–H and O–H groups in total. The second kappa shape index (κ2) is 5.44. The standard InChI is InChI=1S/C11H9N5O2S/c12-10(13)9-5-6-14-15-11(9)19-8-3-1-7(2-4-8)16(17)18/h1-6H,(H3,12,13). The van der Waals surface area contributed by atoms with Crippen LogP contribution in [0.25, 0.3) is 0 Å². The van der Waals surface area contributed by atoms with E-state index in [0.29, 0.717) is 10.6 Å². The summed E-state index contributed by atoms with van der Waals surface area (Å²) in [5.74, 6) is -0.0979. The number of hydrogen-bond donors (Lipinski definition) is 2. The predicted molar refractivity (Wildman–Crippen MR) is 70.3 cm³/mol. The van der Waals surface area contributed by atoms with Crippen LogP contribution in [0.5, 0.6) is 0 Å². The number of nitro groups is 1. The first-order valence-corrected chi connectivity index (χ1v) is 5.98. The van der Waals surface area contributed by atoms with Crippen molar-refractivity contribution < 1.29 is 4.92 Å². The minimum atomic E-state index is -0.461. The SMILES string of the molecule is N=C(N)c1ccnnc1Sc1ccc([N+](=O)[O-])cc1. The maximum atomic E-state index is 10.5. The molecule has 0 amide bonds. The zero-order valence-electron chi connectivity index (χ0n) is 9.61. The second-order valence-electron chi connectivity index (χ2n) is 3.52. The highest BCUT2D eigenvalue weighted by Gasteiger charge is 2.10. The Morgan fingerprint density at radius 1 is 1.32 bits per heavy atom. The molecule has 1 aromatic heterocycles. The molecule has 0 saturated carbocycles. The quantitative estimate of drug-likeness (QED) is 0.380. The number of nitro benzene ring substituents is 1. The molecule has 0 aliphatic heterocycles. The molecule has 0 aliphatic rings. The number of nitrogens with zero attached hydrogens (tertiary/aromatic N) is 3. The maximum Gasteiger partial charge on any atom is 0.269 e. The van der Waals surface area contributed by atoms with Gasteiger partial charge < -0.3 is 5.73 Å². The Balaban J connectivity index is 2.26. The molecule has 0 unspecified atom stereocenters. The van der Waals surface area contributed by atoms with Crippen LogP contribution in [0.2, 0.25) is 0 Å². The highest BCUT2D eigenvalue weighted by molar-refractivity contribution is 7.99. The summed E-state index contributed by atoms with van der Waals surface area (Å²) >= 11 is 1.25. The van der Waals surface area contributed by atoms with Crippen LogP contribution in [0.15, 0.2) is 46.5 Å². The molecule has 0 atom stereocenters. The Bertz CT molecular complexity index is 629. The fraction of sp³-hybridized carbons (Fsp3) is 0. The van der Waals surface area contributed by atoms with Gasteiger partial charge in [0.15, 0.2) is 0 Å². The van der Waals surface area contributed by atoms with Crippen LogP contribution >= 0.6 is 11.8 Å². The van der Waals surface area contributed by atoms with Crippen molar-refractivity contribution in [3.63, 3.8) is 0 Å². The predicted octanol–water partition coefficient (Wildman–Crippen LogP) is 1.82. The number of benzene rings is 1. The van der Waals surface area contributed by atoms with Crippen LogP contribution in [0.4, 0.5) is 5.69 Å². The number of aromatic nitrogens is 2. The van der Waals surface area contributed by atoms with Gasteiger partial charge in [0.2, 0.25) is 0 Å². The van der Waals surface area contributed by atoms with Gasteiger partial charge in [0.05, 0.1) is 16.7 Å². The maximum absolute atomic E-state index is 10.5. The van der Waals surface area contributed by atoms with Gasteiger partial charge in [-0.3, -0.25) is 15.5 Å². The number of nitrogen functional groups attached to an aromatic ring is 1. The van der Waals surface area contributed by atoms with Crippen LogP contribution in [-0.4, -0.2) is 21.0 Å². The number of hydrogen-bond acceptors (Lipinski definition) is 6. The molecule has 0 saturated heterocycles. The van der Waals surface area contributed by atoms with E-state index in [0.717, 1.165) is 4.90 Å². The third-order valence-electron chi connectivity index (χ3n) is 2.24. The zero-order chi connectivity index (χ0) is 13.8. The number of non-ortho nitro benzene ring substituents is 1. The Kier molecular flexibility index (Phi) is 3.71. The van der Waals surface area contributed by atoms with Crippen LogP contribution in [0.1, 0.15) is 5.56 Å². The average Bonchev–Trinajstić information content (AvgIpc) is 2.39. The summed E-state index contributed by atoms with van der Waals surface area (Å²) in [4.78, 5) is 10.8. The van der Waals surface area contributed by atoms with Gasteiger partial charge in [-0.1, -0.05) is 11.8 Å². The van der Waals surface area contributed by atoms with Crippen LogP contribution in [0, 0.1) is 15.5 Å². The van der Waals surface area contributed by atoms with Crippen molar-refractivity contribution in [3.8, 4) is 0 Å². The molecule has 2 rings (SSSR count). The Hall–Kier alpha value is -2.48. The molecule has 7 nitrogen and oxygen atoms in total. The van der Waals surface area contributed by atoms with Gasteiger partial charge in [-0.25, -0.2) is 0 Å². The molecule has 0 bridgehead atoms. The number of amidine groups is 1. The van der Waals surface area contributed by atoms with Gasteiger partial charge in [-0.15, -0.1) is 5.10 Å². The van der Waals surface area contributed by atoms with Crippen molar-refractivity contribution in [1.82, 2.24) is 10.2 Å². The van der Waals surface area contributed by atoms with Crippen LogP contribution in [-0.2, 0) is 0 Å². The number of nitrogens with one attached hydrogen (secondary N) is 1. The van der Waals surface area contributed by atoms with Crippen LogP contribution < -0.4 is 5.73 Å². The lowest BCUT2D eigenvalue weighted by Crippen LogP contribution is -2.13. The van der Waals surface area contributed by atoms with E-state index in [4.69, 9.17) is 11.1 Å². The van der Waals surface area contributed by atoms with E-state index in [1.807, 2.05) is 0 Å². The third kappa shape index (κ3) is 3.05. The molecule has 1 heterocycles. The first-order valence-electron chi connectivity index (χ1n) is 5.16. The van der Waals surface area contributed by atoms with E-state index in [1.54, 1.807) is 18.2 Å². The van der Waals surface area contributed by atoms with Crippen molar-refractivity contribution in [2.24, 2.45) is 5.73 Å². The molecule has 2 aromatic rings. The largest absolute Gasteiger partial charge is 0.384 e. The topological polar surface area (TPSA) is 119 Å². The fourth-order valence-electron chi connectivity index (χ4n) is 1.35. The molecular weight excluding hydrogens is 266 g/mol. The van der Waals surface area contributed by atoms with E-state index >= 15 is 0 Å². The van der Waals surface area contributed by atoms with Crippen molar-refractivity contribution in [2.45, 2.75) is 9.92 Å². The smallest absolute Gasteiger partial charge is 0.269 e. The lowest BCUT2D eigenvalue weighted by atomic mass is 10.3. The van der Waals surface area contributed by atoms with Crippen molar-refractivity contribution in [2.75, 3.05) is 0 Å². The highest BCUT2D eigenvalue weighted by atomic mass is 32.2. The third-order valence-corrected chi connectivity index (χ3v) is 3.24. The monoisotopic (exact) mass is 275 g/mol. The summed E-state index contributed by atoms with van der Waals surface area (Å²) in [5.41, 5.74) is 5.95. The normalized spacial score (nSPS) is 10.1. The molecule has 8 heteroatoms. The summed E-state index contributed by atoms with van der Waals surface area (Å²) in [7, 11) is 0. The summed E-state index contributed by atoms with van der Waals surface area (Å²) in [6, 6.07) is 7.64. The molecule has 0 fully saturated rings. The lowest BCUT2D eigenvalue weighted by molar-refractivity contribution is -0.384. The van der Waals surface area contributed by atoms with E-state index in [-0.39, 0.29) is 11.5 Å². The van der Waals surface area contributed by atoms with Gasteiger partial charge in [0.25, 0.3) is 5.69 Å². The van der Waals surface area contributed by atoms with Gasteiger partial charge >= 0.3 is 0 Å².